The number of rotatable bonds is 6. The lowest BCUT2D eigenvalue weighted by Crippen LogP contribution is -2.26. The number of alkyl halides is 1. The fraction of sp³-hybridized carbons (Fsp3) is 0.500. The summed E-state index contributed by atoms with van der Waals surface area (Å²) in [6.07, 6.45) is 4.76. The van der Waals surface area contributed by atoms with E-state index >= 15 is 0 Å². The fourth-order valence-electron chi connectivity index (χ4n) is 1.39. The molecule has 1 N–H and O–H groups in total. The average molecular weight is 301 g/mol. The van der Waals surface area contributed by atoms with Crippen molar-refractivity contribution in [1.82, 2.24) is 9.88 Å². The molecule has 0 aromatic carbocycles. The molecule has 1 heterocycles. The molecule has 0 aliphatic heterocycles. The Morgan fingerprint density at radius 3 is 2.82 bits per heavy atom. The maximum atomic E-state index is 11.7. The molecule has 0 atom stereocenters. The number of carbonyl (C=O) groups is 1. The molecule has 4 nitrogen and oxygen atoms in total. The molecule has 0 fully saturated rings. The molecule has 1 aromatic rings. The van der Waals surface area contributed by atoms with Crippen LogP contribution in [0.1, 0.15) is 29.6 Å². The summed E-state index contributed by atoms with van der Waals surface area (Å²) in [6, 6.07) is 3.00. The summed E-state index contributed by atoms with van der Waals surface area (Å²) in [5, 5.41) is 3.80. The normalized spacial score (nSPS) is 10.2. The summed E-state index contributed by atoms with van der Waals surface area (Å²) in [7, 11) is 1.66. The standard InChI is InChI=1S/C12H17BrN2O2/c1-15-8-5-10(9-11(15)16)12(17)14-7-4-2-3-6-13/h5,8-9H,2-4,6-7H2,1H3,(H,14,17). The quantitative estimate of drug-likeness (QED) is 0.642. The first kappa shape index (κ1) is 14.0. The SMILES string of the molecule is Cn1ccc(C(=O)NCCCCCBr)cc1=O. The summed E-state index contributed by atoms with van der Waals surface area (Å²) in [4.78, 5) is 23.0. The summed E-state index contributed by atoms with van der Waals surface area (Å²) >= 11 is 3.36. The largest absolute Gasteiger partial charge is 0.352 e. The molecule has 5 heteroatoms. The maximum Gasteiger partial charge on any atom is 0.251 e. The lowest BCUT2D eigenvalue weighted by Gasteiger charge is -2.05. The van der Waals surface area contributed by atoms with Crippen LogP contribution >= 0.6 is 15.9 Å². The van der Waals surface area contributed by atoms with E-state index in [1.54, 1.807) is 19.3 Å². The van der Waals surface area contributed by atoms with Crippen LogP contribution in [0.3, 0.4) is 0 Å². The average Bonchev–Trinajstić information content (AvgIpc) is 2.32. The molecule has 1 amide bonds. The van der Waals surface area contributed by atoms with Gasteiger partial charge in [0.25, 0.3) is 11.5 Å². The third-order valence-corrected chi connectivity index (χ3v) is 3.02. The van der Waals surface area contributed by atoms with Gasteiger partial charge in [-0.15, -0.1) is 0 Å². The van der Waals surface area contributed by atoms with E-state index in [4.69, 9.17) is 0 Å². The highest BCUT2D eigenvalue weighted by Crippen LogP contribution is 1.98. The second-order valence-corrected chi connectivity index (χ2v) is 4.66. The number of amides is 1. The number of hydrogen-bond acceptors (Lipinski definition) is 2. The van der Waals surface area contributed by atoms with Crippen LogP contribution in [0.2, 0.25) is 0 Å². The van der Waals surface area contributed by atoms with Crippen LogP contribution in [-0.2, 0) is 7.05 Å². The number of nitrogens with zero attached hydrogens (tertiary/aromatic N) is 1. The van der Waals surface area contributed by atoms with Crippen molar-refractivity contribution in [3.05, 3.63) is 34.2 Å². The van der Waals surface area contributed by atoms with Crippen molar-refractivity contribution in [3.63, 3.8) is 0 Å². The molecule has 1 rings (SSSR count). The Morgan fingerprint density at radius 2 is 2.18 bits per heavy atom. The Balaban J connectivity index is 2.42. The Labute approximate surface area is 109 Å². The zero-order valence-corrected chi connectivity index (χ0v) is 11.5. The summed E-state index contributed by atoms with van der Waals surface area (Å²) in [6.45, 7) is 0.654. The van der Waals surface area contributed by atoms with E-state index in [1.807, 2.05) is 0 Å². The predicted molar refractivity (Wildman–Crippen MR) is 71.7 cm³/mol. The van der Waals surface area contributed by atoms with Crippen LogP contribution in [0, 0.1) is 0 Å². The molecule has 94 valence electrons. The molecule has 0 bridgehead atoms. The summed E-state index contributed by atoms with van der Waals surface area (Å²) in [5.74, 6) is -0.179. The van der Waals surface area contributed by atoms with E-state index in [0.717, 1.165) is 24.6 Å². The van der Waals surface area contributed by atoms with Gasteiger partial charge in [-0.05, 0) is 18.9 Å². The number of aryl methyl sites for hydroxylation is 1. The van der Waals surface area contributed by atoms with Crippen LogP contribution in [0.4, 0.5) is 0 Å². The van der Waals surface area contributed by atoms with E-state index in [9.17, 15) is 9.59 Å². The van der Waals surface area contributed by atoms with Crippen molar-refractivity contribution in [3.8, 4) is 0 Å². The molecular weight excluding hydrogens is 284 g/mol. The molecule has 0 aliphatic carbocycles. The van der Waals surface area contributed by atoms with Crippen molar-refractivity contribution >= 4 is 21.8 Å². The molecule has 0 saturated carbocycles. The van der Waals surface area contributed by atoms with Gasteiger partial charge in [0.2, 0.25) is 0 Å². The van der Waals surface area contributed by atoms with Gasteiger partial charge in [-0.2, -0.15) is 0 Å². The first-order valence-electron chi connectivity index (χ1n) is 5.66. The number of halogens is 1. The van der Waals surface area contributed by atoms with Crippen molar-refractivity contribution < 1.29 is 4.79 Å². The zero-order chi connectivity index (χ0) is 12.7. The van der Waals surface area contributed by atoms with Crippen LogP contribution in [0.5, 0.6) is 0 Å². The monoisotopic (exact) mass is 300 g/mol. The van der Waals surface area contributed by atoms with Crippen LogP contribution in [0.15, 0.2) is 23.1 Å². The number of hydrogen-bond donors (Lipinski definition) is 1. The molecule has 0 aliphatic rings. The Morgan fingerprint density at radius 1 is 1.41 bits per heavy atom. The molecular formula is C12H17BrN2O2. The predicted octanol–water partition coefficient (Wildman–Crippen LogP) is 1.68. The number of nitrogens with one attached hydrogen (secondary N) is 1. The van der Waals surface area contributed by atoms with Gasteiger partial charge in [-0.25, -0.2) is 0 Å². The van der Waals surface area contributed by atoms with Crippen molar-refractivity contribution in [2.75, 3.05) is 11.9 Å². The second-order valence-electron chi connectivity index (χ2n) is 3.87. The van der Waals surface area contributed by atoms with Crippen LogP contribution < -0.4 is 10.9 Å². The minimum absolute atomic E-state index is 0.170. The minimum atomic E-state index is -0.179. The molecule has 0 unspecified atom stereocenters. The van der Waals surface area contributed by atoms with Crippen molar-refractivity contribution in [2.45, 2.75) is 19.3 Å². The topological polar surface area (TPSA) is 51.1 Å². The van der Waals surface area contributed by atoms with E-state index in [-0.39, 0.29) is 11.5 Å². The Kier molecular flexibility index (Phi) is 5.97. The van der Waals surface area contributed by atoms with Gasteiger partial charge in [0.05, 0.1) is 0 Å². The first-order chi connectivity index (χ1) is 8.15. The molecule has 17 heavy (non-hydrogen) atoms. The van der Waals surface area contributed by atoms with E-state index < -0.39 is 0 Å². The van der Waals surface area contributed by atoms with E-state index in [2.05, 4.69) is 21.2 Å². The zero-order valence-electron chi connectivity index (χ0n) is 9.91. The smallest absolute Gasteiger partial charge is 0.251 e. The lowest BCUT2D eigenvalue weighted by molar-refractivity contribution is 0.0952. The summed E-state index contributed by atoms with van der Waals surface area (Å²) < 4.78 is 1.44. The van der Waals surface area contributed by atoms with Crippen molar-refractivity contribution in [2.24, 2.45) is 7.05 Å². The van der Waals surface area contributed by atoms with E-state index in [1.165, 1.54) is 10.6 Å². The van der Waals surface area contributed by atoms with Gasteiger partial charge in [0.15, 0.2) is 0 Å². The fourth-order valence-corrected chi connectivity index (χ4v) is 1.79. The number of aromatic nitrogens is 1. The molecule has 1 aromatic heterocycles. The molecule has 0 radical (unpaired) electrons. The third-order valence-electron chi connectivity index (χ3n) is 2.46. The van der Waals surface area contributed by atoms with Crippen LogP contribution in [0.25, 0.3) is 0 Å². The molecule has 0 spiro atoms. The number of pyridine rings is 1. The molecule has 0 saturated heterocycles. The second kappa shape index (κ2) is 7.27. The third kappa shape index (κ3) is 4.73. The van der Waals surface area contributed by atoms with E-state index in [0.29, 0.717) is 12.1 Å². The highest BCUT2D eigenvalue weighted by Gasteiger charge is 2.05. The van der Waals surface area contributed by atoms with Gasteiger partial charge >= 0.3 is 0 Å². The van der Waals surface area contributed by atoms with Gasteiger partial charge in [0.1, 0.15) is 0 Å². The van der Waals surface area contributed by atoms with Gasteiger partial charge in [-0.1, -0.05) is 22.4 Å². The Bertz CT molecular complexity index is 429. The van der Waals surface area contributed by atoms with Gasteiger partial charge < -0.3 is 9.88 Å². The van der Waals surface area contributed by atoms with Gasteiger partial charge in [0, 0.05) is 36.7 Å². The van der Waals surface area contributed by atoms with Crippen LogP contribution in [-0.4, -0.2) is 22.3 Å². The van der Waals surface area contributed by atoms with Gasteiger partial charge in [-0.3, -0.25) is 9.59 Å². The number of carbonyl (C=O) groups excluding carboxylic acids is 1. The summed E-state index contributed by atoms with van der Waals surface area (Å²) in [5.41, 5.74) is 0.255. The lowest BCUT2D eigenvalue weighted by atomic mass is 10.2. The highest BCUT2D eigenvalue weighted by molar-refractivity contribution is 9.09. The van der Waals surface area contributed by atoms with Crippen molar-refractivity contribution in [1.29, 1.82) is 0 Å². The highest BCUT2D eigenvalue weighted by atomic mass is 79.9. The number of unbranched alkanes of at least 4 members (excludes halogenated alkanes) is 2. The minimum Gasteiger partial charge on any atom is -0.352 e. The first-order valence-corrected chi connectivity index (χ1v) is 6.78. The maximum absolute atomic E-state index is 11.7. The Hall–Kier alpha value is -1.10.